The fraction of sp³-hybridized carbons (Fsp3) is 0.231. The molecule has 1 heterocycles. The summed E-state index contributed by atoms with van der Waals surface area (Å²) in [5.74, 6) is 0.196. The first-order valence-corrected chi connectivity index (χ1v) is 7.69. The Hall–Kier alpha value is -1.93. The van der Waals surface area contributed by atoms with E-state index in [1.165, 1.54) is 16.8 Å². The van der Waals surface area contributed by atoms with Crippen molar-refractivity contribution in [3.63, 3.8) is 0 Å². The zero-order chi connectivity index (χ0) is 15.6. The average Bonchev–Trinajstić information content (AvgIpc) is 2.45. The SMILES string of the molecule is CSC(=S)N(C)NC(=O)c1ccc2c(=O)[nH]c(C)nc2c1. The number of hydrogen-bond donors (Lipinski definition) is 2. The predicted molar refractivity (Wildman–Crippen MR) is 88.4 cm³/mol. The topological polar surface area (TPSA) is 78.1 Å². The first-order valence-electron chi connectivity index (χ1n) is 6.05. The second kappa shape index (κ2) is 6.23. The maximum atomic E-state index is 12.2. The van der Waals surface area contributed by atoms with Gasteiger partial charge in [0.25, 0.3) is 11.5 Å². The lowest BCUT2D eigenvalue weighted by molar-refractivity contribution is 0.0890. The molecule has 0 atom stereocenters. The number of carbonyl (C=O) groups excluding carboxylic acids is 1. The highest BCUT2D eigenvalue weighted by molar-refractivity contribution is 8.22. The number of fused-ring (bicyclic) bond motifs is 1. The summed E-state index contributed by atoms with van der Waals surface area (Å²) >= 11 is 6.44. The molecule has 0 radical (unpaired) electrons. The van der Waals surface area contributed by atoms with Crippen molar-refractivity contribution < 1.29 is 4.79 Å². The molecule has 1 aromatic heterocycles. The standard InChI is InChI=1S/C13H14N4O2S2/c1-7-14-10-6-8(4-5-9(10)12(19)15-7)11(18)16-17(2)13(20)21-3/h4-6H,1-3H3,(H,16,18)(H,14,15,19). The molecule has 0 aliphatic rings. The fourth-order valence-corrected chi connectivity index (χ4v) is 2.16. The van der Waals surface area contributed by atoms with Gasteiger partial charge in [0.15, 0.2) is 4.32 Å². The molecule has 0 saturated heterocycles. The molecule has 0 bridgehead atoms. The Morgan fingerprint density at radius 1 is 1.48 bits per heavy atom. The van der Waals surface area contributed by atoms with E-state index >= 15 is 0 Å². The number of H-pyrrole nitrogens is 1. The zero-order valence-corrected chi connectivity index (χ0v) is 13.4. The predicted octanol–water partition coefficient (Wildman–Crippen LogP) is 1.46. The van der Waals surface area contributed by atoms with Gasteiger partial charge >= 0.3 is 0 Å². The maximum Gasteiger partial charge on any atom is 0.269 e. The van der Waals surface area contributed by atoms with Crippen LogP contribution in [0.2, 0.25) is 0 Å². The number of aromatic nitrogens is 2. The lowest BCUT2D eigenvalue weighted by Gasteiger charge is -2.19. The highest BCUT2D eigenvalue weighted by Crippen LogP contribution is 2.11. The van der Waals surface area contributed by atoms with Crippen molar-refractivity contribution in [3.05, 3.63) is 39.9 Å². The van der Waals surface area contributed by atoms with E-state index in [9.17, 15) is 9.59 Å². The van der Waals surface area contributed by atoms with Gasteiger partial charge in [-0.1, -0.05) is 24.0 Å². The Labute approximate surface area is 130 Å². The van der Waals surface area contributed by atoms with E-state index in [2.05, 4.69) is 15.4 Å². The van der Waals surface area contributed by atoms with E-state index in [0.29, 0.717) is 26.6 Å². The van der Waals surface area contributed by atoms with Crippen LogP contribution >= 0.6 is 24.0 Å². The Morgan fingerprint density at radius 3 is 2.86 bits per heavy atom. The van der Waals surface area contributed by atoms with Crippen molar-refractivity contribution in [2.45, 2.75) is 6.92 Å². The molecular formula is C13H14N4O2S2. The molecule has 21 heavy (non-hydrogen) atoms. The molecule has 1 aromatic carbocycles. The molecule has 0 fully saturated rings. The molecule has 110 valence electrons. The maximum absolute atomic E-state index is 12.2. The number of nitrogens with zero attached hydrogens (tertiary/aromatic N) is 2. The molecule has 6 nitrogen and oxygen atoms in total. The van der Waals surface area contributed by atoms with Crippen molar-refractivity contribution >= 4 is 45.1 Å². The van der Waals surface area contributed by atoms with Crippen molar-refractivity contribution in [1.82, 2.24) is 20.4 Å². The van der Waals surface area contributed by atoms with Crippen molar-refractivity contribution in [1.29, 1.82) is 0 Å². The number of thiocarbonyl (C=S) groups is 1. The average molecular weight is 322 g/mol. The quantitative estimate of drug-likeness (QED) is 0.611. The van der Waals surface area contributed by atoms with Crippen molar-refractivity contribution in [3.8, 4) is 0 Å². The molecule has 2 rings (SSSR count). The summed E-state index contributed by atoms with van der Waals surface area (Å²) in [6.45, 7) is 1.69. The van der Waals surface area contributed by atoms with Gasteiger partial charge in [0.2, 0.25) is 0 Å². The Bertz CT molecular complexity index is 772. The first kappa shape index (κ1) is 15.5. The third-order valence-electron chi connectivity index (χ3n) is 2.80. The van der Waals surface area contributed by atoms with Crippen molar-refractivity contribution in [2.24, 2.45) is 0 Å². The van der Waals surface area contributed by atoms with Crippen LogP contribution in [0.4, 0.5) is 0 Å². The minimum Gasteiger partial charge on any atom is -0.310 e. The smallest absolute Gasteiger partial charge is 0.269 e. The number of carbonyl (C=O) groups is 1. The molecular weight excluding hydrogens is 308 g/mol. The van der Waals surface area contributed by atoms with Gasteiger partial charge < -0.3 is 4.98 Å². The molecule has 0 aliphatic carbocycles. The van der Waals surface area contributed by atoms with Crippen LogP contribution in [0.15, 0.2) is 23.0 Å². The van der Waals surface area contributed by atoms with Crippen LogP contribution in [0, 0.1) is 6.92 Å². The number of nitrogens with one attached hydrogen (secondary N) is 2. The van der Waals surface area contributed by atoms with Gasteiger partial charge in [-0.25, -0.2) is 4.98 Å². The summed E-state index contributed by atoms with van der Waals surface area (Å²) in [6, 6.07) is 4.76. The van der Waals surface area contributed by atoms with Crippen LogP contribution < -0.4 is 11.0 Å². The van der Waals surface area contributed by atoms with E-state index in [1.54, 1.807) is 32.2 Å². The summed E-state index contributed by atoms with van der Waals surface area (Å²) in [7, 11) is 1.67. The van der Waals surface area contributed by atoms with E-state index in [-0.39, 0.29) is 11.5 Å². The largest absolute Gasteiger partial charge is 0.310 e. The van der Waals surface area contributed by atoms with Gasteiger partial charge in [0.05, 0.1) is 10.9 Å². The molecule has 1 amide bonds. The second-order valence-electron chi connectivity index (χ2n) is 4.35. The first-order chi connectivity index (χ1) is 9.92. The highest BCUT2D eigenvalue weighted by atomic mass is 32.2. The second-order valence-corrected chi connectivity index (χ2v) is 5.79. The molecule has 0 unspecified atom stereocenters. The number of hydrogen-bond acceptors (Lipinski definition) is 5. The van der Waals surface area contributed by atoms with E-state index < -0.39 is 0 Å². The lowest BCUT2D eigenvalue weighted by Crippen LogP contribution is -2.41. The summed E-state index contributed by atoms with van der Waals surface area (Å²) in [5.41, 5.74) is 3.34. The summed E-state index contributed by atoms with van der Waals surface area (Å²) in [4.78, 5) is 30.8. The highest BCUT2D eigenvalue weighted by Gasteiger charge is 2.12. The summed E-state index contributed by atoms with van der Waals surface area (Å²) < 4.78 is 0.551. The number of hydrazine groups is 1. The van der Waals surface area contributed by atoms with Crippen LogP contribution in [0.3, 0.4) is 0 Å². The number of aromatic amines is 1. The zero-order valence-electron chi connectivity index (χ0n) is 11.8. The third-order valence-corrected chi connectivity index (χ3v) is 4.20. The van der Waals surface area contributed by atoms with Crippen LogP contribution in [0.5, 0.6) is 0 Å². The van der Waals surface area contributed by atoms with Gasteiger partial charge in [-0.05, 0) is 31.4 Å². The molecule has 8 heteroatoms. The molecule has 0 spiro atoms. The third kappa shape index (κ3) is 3.40. The van der Waals surface area contributed by atoms with Crippen LogP contribution in [0.25, 0.3) is 10.9 Å². The molecule has 0 aliphatic heterocycles. The number of amides is 1. The number of rotatable bonds is 1. The van der Waals surface area contributed by atoms with Crippen LogP contribution in [0.1, 0.15) is 16.2 Å². The van der Waals surface area contributed by atoms with Gasteiger partial charge in [-0.3, -0.25) is 20.0 Å². The number of aryl methyl sites for hydroxylation is 1. The normalized spacial score (nSPS) is 10.4. The minimum absolute atomic E-state index is 0.217. The monoisotopic (exact) mass is 322 g/mol. The molecule has 2 aromatic rings. The fourth-order valence-electron chi connectivity index (χ4n) is 1.80. The van der Waals surface area contributed by atoms with Gasteiger partial charge in [-0.15, -0.1) is 0 Å². The Balaban J connectivity index is 2.32. The van der Waals surface area contributed by atoms with Gasteiger partial charge in [0, 0.05) is 12.6 Å². The van der Waals surface area contributed by atoms with E-state index in [0.717, 1.165) is 0 Å². The Kier molecular flexibility index (Phi) is 4.59. The summed E-state index contributed by atoms with van der Waals surface area (Å²) in [6.07, 6.45) is 1.83. The van der Waals surface area contributed by atoms with Crippen molar-refractivity contribution in [2.75, 3.05) is 13.3 Å². The Morgan fingerprint density at radius 2 is 2.19 bits per heavy atom. The lowest BCUT2D eigenvalue weighted by atomic mass is 10.1. The van der Waals surface area contributed by atoms with Crippen LogP contribution in [-0.2, 0) is 0 Å². The van der Waals surface area contributed by atoms with E-state index in [4.69, 9.17) is 12.2 Å². The summed E-state index contributed by atoms with van der Waals surface area (Å²) in [5, 5.41) is 1.92. The molecule has 2 N–H and O–H groups in total. The van der Waals surface area contributed by atoms with Gasteiger partial charge in [0.1, 0.15) is 5.82 Å². The van der Waals surface area contributed by atoms with Crippen LogP contribution in [-0.4, -0.2) is 38.5 Å². The minimum atomic E-state index is -0.310. The number of thioether (sulfide) groups is 1. The van der Waals surface area contributed by atoms with E-state index in [1.807, 2.05) is 6.26 Å². The number of benzene rings is 1. The molecule has 0 saturated carbocycles. The van der Waals surface area contributed by atoms with Gasteiger partial charge in [-0.2, -0.15) is 0 Å².